The van der Waals surface area contributed by atoms with E-state index < -0.39 is 60.4 Å². The first kappa shape index (κ1) is 24.7. The molecular weight excluding hydrogens is 485 g/mol. The van der Waals surface area contributed by atoms with Crippen LogP contribution in [0.1, 0.15) is 21.5 Å². The van der Waals surface area contributed by atoms with E-state index in [4.69, 9.17) is 25.2 Å². The minimum Gasteiger partial charge on any atom is -0.387 e. The molecule has 0 aliphatic carbocycles. The monoisotopic (exact) mass is 500 g/mol. The summed E-state index contributed by atoms with van der Waals surface area (Å²) < 4.78 is 53.9. The molecule has 1 aliphatic rings. The van der Waals surface area contributed by atoms with Crippen LogP contribution in [-0.4, -0.2) is 65.0 Å². The summed E-state index contributed by atoms with van der Waals surface area (Å²) in [5.41, 5.74) is 4.94. The van der Waals surface area contributed by atoms with Crippen LogP contribution in [0.3, 0.4) is 0 Å². The highest BCUT2D eigenvalue weighted by molar-refractivity contribution is 7.66. The fraction of sp³-hybridized carbons (Fsp3) is 0.556. The van der Waals surface area contributed by atoms with E-state index in [1.165, 1.54) is 6.07 Å². The van der Waals surface area contributed by atoms with Gasteiger partial charge in [0.05, 0.1) is 11.5 Å². The van der Waals surface area contributed by atoms with E-state index in [2.05, 4.69) is 17.5 Å². The molecule has 6 atom stereocenters. The molecule has 0 spiro atoms. The van der Waals surface area contributed by atoms with Crippen molar-refractivity contribution >= 4 is 40.9 Å². The lowest BCUT2D eigenvalue weighted by Gasteiger charge is -2.19. The molecule has 2 heterocycles. The van der Waals surface area contributed by atoms with E-state index in [0.29, 0.717) is 0 Å². The summed E-state index contributed by atoms with van der Waals surface area (Å²) in [7, 11) is -16.7. The average molecular weight is 500 g/mol. The number of amides is 1. The van der Waals surface area contributed by atoms with Crippen LogP contribution >= 0.6 is 35.0 Å². The first-order chi connectivity index (χ1) is 13.1. The van der Waals surface area contributed by atoms with Crippen LogP contribution in [0.4, 0.5) is 0 Å². The fourth-order valence-corrected chi connectivity index (χ4v) is 5.97. The van der Waals surface area contributed by atoms with Crippen molar-refractivity contribution in [3.05, 3.63) is 16.6 Å². The number of aromatic nitrogens is 1. The zero-order valence-corrected chi connectivity index (χ0v) is 17.3. The Bertz CT molecular complexity index is 901. The van der Waals surface area contributed by atoms with E-state index in [1.807, 2.05) is 0 Å². The molecule has 0 radical (unpaired) electrons. The van der Waals surface area contributed by atoms with Crippen molar-refractivity contribution in [1.29, 1.82) is 0 Å². The quantitative estimate of drug-likeness (QED) is 0.195. The maximum absolute atomic E-state index is 11.7. The van der Waals surface area contributed by atoms with Gasteiger partial charge >= 0.3 is 23.5 Å². The number of hydrogen-bond donors (Lipinski definition) is 7. The largest absolute Gasteiger partial charge is 0.490 e. The molecule has 0 saturated carbocycles. The van der Waals surface area contributed by atoms with E-state index in [9.17, 15) is 33.6 Å². The molecule has 1 amide bonds. The Balaban J connectivity index is 2.01. The van der Waals surface area contributed by atoms with Gasteiger partial charge < -0.3 is 40.3 Å². The van der Waals surface area contributed by atoms with Crippen LogP contribution in [0.25, 0.3) is 0 Å². The number of phosphoric acid groups is 3. The molecule has 2 rings (SSSR count). The van der Waals surface area contributed by atoms with Crippen molar-refractivity contribution in [3.8, 4) is 0 Å². The zero-order chi connectivity index (χ0) is 22.2. The van der Waals surface area contributed by atoms with Crippen molar-refractivity contribution < 1.29 is 66.2 Å². The predicted octanol–water partition coefficient (Wildman–Crippen LogP) is -1.25. The van der Waals surface area contributed by atoms with Gasteiger partial charge in [0.25, 0.3) is 5.91 Å². The minimum atomic E-state index is -5.70. The van der Waals surface area contributed by atoms with Gasteiger partial charge in [-0.05, 0) is 17.6 Å². The van der Waals surface area contributed by atoms with Gasteiger partial charge in [0.2, 0.25) is 0 Å². The molecule has 1 aromatic heterocycles. The minimum absolute atomic E-state index is 0.119. The fourth-order valence-electron chi connectivity index (χ4n) is 2.13. The van der Waals surface area contributed by atoms with E-state index in [1.54, 1.807) is 0 Å². The lowest BCUT2D eigenvalue weighted by atomic mass is 10.1. The summed E-state index contributed by atoms with van der Waals surface area (Å²) in [6.45, 7) is -0.958. The van der Waals surface area contributed by atoms with E-state index >= 15 is 0 Å². The van der Waals surface area contributed by atoms with Crippen LogP contribution in [0.2, 0.25) is 0 Å². The maximum Gasteiger partial charge on any atom is 0.490 e. The van der Waals surface area contributed by atoms with Crippen molar-refractivity contribution in [3.63, 3.8) is 0 Å². The molecule has 166 valence electrons. The number of primary amides is 1. The predicted molar refractivity (Wildman–Crippen MR) is 90.1 cm³/mol. The lowest BCUT2D eigenvalue weighted by Crippen LogP contribution is -2.33. The molecule has 2 unspecified atom stereocenters. The van der Waals surface area contributed by atoms with Crippen LogP contribution < -0.4 is 5.73 Å². The number of nitrogens with zero attached hydrogens (tertiary/aromatic N) is 1. The topological polar surface area (TPSA) is 265 Å². The third kappa shape index (κ3) is 6.95. The normalized spacial score (nSPS) is 29.3. The summed E-state index contributed by atoms with van der Waals surface area (Å²) in [6, 6.07) is 1.21. The van der Waals surface area contributed by atoms with Crippen LogP contribution in [-0.2, 0) is 31.6 Å². The Hall–Kier alpha value is -0.610. The summed E-state index contributed by atoms with van der Waals surface area (Å²) >= 11 is 0.743. The number of aliphatic hydroxyl groups is 2. The maximum atomic E-state index is 11.7. The number of rotatable bonds is 9. The Morgan fingerprint density at radius 2 is 1.76 bits per heavy atom. The van der Waals surface area contributed by atoms with Crippen molar-refractivity contribution in [1.82, 2.24) is 4.37 Å². The Kier molecular flexibility index (Phi) is 7.54. The highest BCUT2D eigenvalue weighted by atomic mass is 32.1. The van der Waals surface area contributed by atoms with E-state index in [0.717, 1.165) is 11.5 Å². The van der Waals surface area contributed by atoms with Crippen molar-refractivity contribution in [2.75, 3.05) is 6.61 Å². The summed E-state index contributed by atoms with van der Waals surface area (Å²) in [5.74, 6) is -0.843. The number of ether oxygens (including phenoxy) is 1. The molecular formula is C9H15N2O14P3S. The van der Waals surface area contributed by atoms with Gasteiger partial charge in [0.1, 0.15) is 30.1 Å². The number of aliphatic hydroxyl groups excluding tert-OH is 2. The molecule has 29 heavy (non-hydrogen) atoms. The number of hydrogen-bond acceptors (Lipinski definition) is 12. The van der Waals surface area contributed by atoms with Gasteiger partial charge in [0, 0.05) is 0 Å². The highest BCUT2D eigenvalue weighted by Crippen LogP contribution is 2.66. The first-order valence-corrected chi connectivity index (χ1v) is 12.5. The van der Waals surface area contributed by atoms with E-state index in [-0.39, 0.29) is 10.6 Å². The van der Waals surface area contributed by atoms with Crippen LogP contribution in [0.5, 0.6) is 0 Å². The first-order valence-electron chi connectivity index (χ1n) is 7.16. The number of carbonyl (C=O) groups excluding carboxylic acids is 1. The third-order valence-corrected chi connectivity index (χ3v) is 7.89. The van der Waals surface area contributed by atoms with Gasteiger partial charge in [-0.25, -0.2) is 13.7 Å². The van der Waals surface area contributed by atoms with Crippen LogP contribution in [0, 0.1) is 0 Å². The Morgan fingerprint density at radius 3 is 2.28 bits per heavy atom. The lowest BCUT2D eigenvalue weighted by molar-refractivity contribution is -0.0213. The summed E-state index contributed by atoms with van der Waals surface area (Å²) in [5, 5.41) is 20.0. The number of nitrogens with two attached hydrogens (primary N) is 1. The van der Waals surface area contributed by atoms with Crippen LogP contribution in [0.15, 0.2) is 6.07 Å². The standard InChI is InChI=1S/C9H15N2O14P3S/c10-9(14)3-1-5(29-11-3)8-7(13)6(12)4(23-8)2-22-27(18,19)25-28(20,21)24-26(15,16)17/h1,4,6-8,12-13H,2H2,(H2,10,14)(H,18,19)(H,20,21)(H2,15,16,17)/t4-,6-,7-,8+/m1/s1. The molecule has 16 nitrogen and oxygen atoms in total. The number of carbonyl (C=O) groups is 1. The molecule has 1 aromatic rings. The van der Waals surface area contributed by atoms with Gasteiger partial charge in [-0.3, -0.25) is 9.32 Å². The Morgan fingerprint density at radius 1 is 1.14 bits per heavy atom. The molecule has 1 aliphatic heterocycles. The zero-order valence-electron chi connectivity index (χ0n) is 13.8. The summed E-state index contributed by atoms with van der Waals surface area (Å²) in [6.07, 6.45) is -5.87. The van der Waals surface area contributed by atoms with Gasteiger partial charge in [-0.1, -0.05) is 0 Å². The molecule has 0 aromatic carbocycles. The molecule has 8 N–H and O–H groups in total. The number of phosphoric ester groups is 1. The van der Waals surface area contributed by atoms with Crippen molar-refractivity contribution in [2.24, 2.45) is 5.73 Å². The van der Waals surface area contributed by atoms with Crippen molar-refractivity contribution in [2.45, 2.75) is 24.4 Å². The molecule has 20 heteroatoms. The molecule has 1 saturated heterocycles. The van der Waals surface area contributed by atoms with Gasteiger partial charge in [-0.15, -0.1) is 0 Å². The SMILES string of the molecule is NC(=O)c1cc([C@@H]2O[C@H](COP(=O)(O)OP(=O)(O)OP(=O)(O)O)[C@@H](O)[C@H]2O)sn1. The highest BCUT2D eigenvalue weighted by Gasteiger charge is 2.46. The van der Waals surface area contributed by atoms with Gasteiger partial charge in [-0.2, -0.15) is 13.0 Å². The third-order valence-electron chi connectivity index (χ3n) is 3.24. The van der Waals surface area contributed by atoms with Gasteiger partial charge in [0.15, 0.2) is 0 Å². The second-order valence-electron chi connectivity index (χ2n) is 5.44. The second-order valence-corrected chi connectivity index (χ2v) is 10.7. The smallest absolute Gasteiger partial charge is 0.387 e. The Labute approximate surface area is 165 Å². The molecule has 0 bridgehead atoms. The summed E-state index contributed by atoms with van der Waals surface area (Å²) in [4.78, 5) is 46.6. The average Bonchev–Trinajstić information content (AvgIpc) is 3.09. The molecule has 1 fully saturated rings. The second kappa shape index (κ2) is 8.86.